The zero-order chi connectivity index (χ0) is 17.7. The number of hydrogen-bond donors (Lipinski definition) is 2. The predicted molar refractivity (Wildman–Crippen MR) is 88.8 cm³/mol. The van der Waals surface area contributed by atoms with Crippen LogP contribution < -0.4 is 10.6 Å². The van der Waals surface area contributed by atoms with E-state index >= 15 is 0 Å². The number of hydrogen-bond acceptors (Lipinski definition) is 5. The molecule has 1 aromatic heterocycles. The molecule has 0 spiro atoms. The van der Waals surface area contributed by atoms with Gasteiger partial charge in [-0.25, -0.2) is 0 Å². The second-order valence-electron chi connectivity index (χ2n) is 5.95. The Labute approximate surface area is 150 Å². The van der Waals surface area contributed by atoms with Crippen molar-refractivity contribution >= 4 is 18.3 Å². The molecule has 2 heterocycles. The summed E-state index contributed by atoms with van der Waals surface area (Å²) in [7, 11) is 0. The Morgan fingerprint density at radius 3 is 2.52 bits per heavy atom. The van der Waals surface area contributed by atoms with E-state index in [0.29, 0.717) is 44.1 Å². The number of aryl methyl sites for hydroxylation is 2. The van der Waals surface area contributed by atoms with E-state index in [1.165, 1.54) is 4.90 Å². The summed E-state index contributed by atoms with van der Waals surface area (Å²) >= 11 is 0. The summed E-state index contributed by atoms with van der Waals surface area (Å²) in [6, 6.07) is -1.65. The summed E-state index contributed by atoms with van der Waals surface area (Å²) in [6.45, 7) is 4.77. The predicted octanol–water partition coefficient (Wildman–Crippen LogP) is 1.60. The molecule has 144 valence electrons. The van der Waals surface area contributed by atoms with E-state index in [1.54, 1.807) is 13.8 Å². The zero-order valence-corrected chi connectivity index (χ0v) is 15.1. The first kappa shape index (κ1) is 21.7. The SMILES string of the molecule is Cc1noc(C)c1CCC(=O)NCC(N1CCNCC1)C(F)(F)F.Cl. The number of nitrogens with zero attached hydrogens (tertiary/aromatic N) is 2. The molecular weight excluding hydrogens is 361 g/mol. The molecule has 2 rings (SSSR count). The molecule has 2 N–H and O–H groups in total. The molecule has 1 fully saturated rings. The minimum absolute atomic E-state index is 0. The summed E-state index contributed by atoms with van der Waals surface area (Å²) < 4.78 is 44.7. The van der Waals surface area contributed by atoms with Crippen LogP contribution in [0.1, 0.15) is 23.4 Å². The molecule has 0 aromatic carbocycles. The van der Waals surface area contributed by atoms with E-state index in [9.17, 15) is 18.0 Å². The Hall–Kier alpha value is -1.32. The van der Waals surface area contributed by atoms with Gasteiger partial charge in [-0.1, -0.05) is 5.16 Å². The molecule has 1 aromatic rings. The number of alkyl halides is 3. The third kappa shape index (κ3) is 6.16. The molecule has 1 amide bonds. The summed E-state index contributed by atoms with van der Waals surface area (Å²) in [5.74, 6) is 0.230. The van der Waals surface area contributed by atoms with Gasteiger partial charge in [-0.05, 0) is 20.3 Å². The zero-order valence-electron chi connectivity index (χ0n) is 14.3. The minimum Gasteiger partial charge on any atom is -0.361 e. The Balaban J connectivity index is 0.00000312. The number of amides is 1. The van der Waals surface area contributed by atoms with Crippen molar-refractivity contribution in [3.63, 3.8) is 0 Å². The molecule has 1 aliphatic heterocycles. The standard InChI is InChI=1S/C15H23F3N4O2.ClH/c1-10-12(11(2)24-21-10)3-4-14(23)20-9-13(15(16,17)18)22-7-5-19-6-8-22;/h13,19H,3-9H2,1-2H3,(H,20,23);1H. The number of rotatable bonds is 6. The molecule has 25 heavy (non-hydrogen) atoms. The molecule has 0 bridgehead atoms. The van der Waals surface area contributed by atoms with E-state index in [4.69, 9.17) is 4.52 Å². The Morgan fingerprint density at radius 1 is 1.36 bits per heavy atom. The quantitative estimate of drug-likeness (QED) is 0.779. The van der Waals surface area contributed by atoms with Gasteiger partial charge in [-0.15, -0.1) is 12.4 Å². The lowest BCUT2D eigenvalue weighted by Gasteiger charge is -2.35. The molecule has 1 saturated heterocycles. The van der Waals surface area contributed by atoms with Crippen molar-refractivity contribution in [3.8, 4) is 0 Å². The van der Waals surface area contributed by atoms with Gasteiger partial charge in [-0.2, -0.15) is 13.2 Å². The van der Waals surface area contributed by atoms with Crippen LogP contribution in [0.2, 0.25) is 0 Å². The van der Waals surface area contributed by atoms with E-state index in [-0.39, 0.29) is 18.8 Å². The highest BCUT2D eigenvalue weighted by Crippen LogP contribution is 2.24. The van der Waals surface area contributed by atoms with Gasteiger partial charge in [0.2, 0.25) is 5.91 Å². The van der Waals surface area contributed by atoms with Crippen LogP contribution in [0.5, 0.6) is 0 Å². The normalized spacial score (nSPS) is 17.0. The van der Waals surface area contributed by atoms with Crippen LogP contribution in [-0.2, 0) is 11.2 Å². The lowest BCUT2D eigenvalue weighted by molar-refractivity contribution is -0.184. The smallest absolute Gasteiger partial charge is 0.361 e. The Bertz CT molecular complexity index is 540. The van der Waals surface area contributed by atoms with E-state index in [0.717, 1.165) is 5.56 Å². The molecule has 0 saturated carbocycles. The molecule has 1 aliphatic rings. The highest BCUT2D eigenvalue weighted by atomic mass is 35.5. The van der Waals surface area contributed by atoms with Crippen molar-refractivity contribution in [2.45, 2.75) is 38.9 Å². The topological polar surface area (TPSA) is 70.4 Å². The summed E-state index contributed by atoms with van der Waals surface area (Å²) in [6.07, 6.45) is -3.86. The van der Waals surface area contributed by atoms with Crippen LogP contribution in [-0.4, -0.2) is 60.9 Å². The minimum atomic E-state index is -4.37. The van der Waals surface area contributed by atoms with Crippen LogP contribution in [0, 0.1) is 13.8 Å². The number of nitrogens with one attached hydrogen (secondary N) is 2. The van der Waals surface area contributed by atoms with Crippen LogP contribution >= 0.6 is 12.4 Å². The first-order chi connectivity index (χ1) is 11.3. The van der Waals surface area contributed by atoms with E-state index < -0.39 is 24.7 Å². The van der Waals surface area contributed by atoms with Crippen molar-refractivity contribution in [2.24, 2.45) is 0 Å². The highest BCUT2D eigenvalue weighted by molar-refractivity contribution is 5.85. The Kier molecular flexibility index (Phi) is 8.17. The van der Waals surface area contributed by atoms with Crippen LogP contribution in [0.25, 0.3) is 0 Å². The molecule has 1 unspecified atom stereocenters. The fourth-order valence-corrected chi connectivity index (χ4v) is 2.84. The third-order valence-electron chi connectivity index (χ3n) is 4.25. The number of halogens is 4. The fraction of sp³-hybridized carbons (Fsp3) is 0.733. The summed E-state index contributed by atoms with van der Waals surface area (Å²) in [5, 5.41) is 9.23. The molecule has 0 aliphatic carbocycles. The lowest BCUT2D eigenvalue weighted by Crippen LogP contribution is -2.57. The fourth-order valence-electron chi connectivity index (χ4n) is 2.84. The average molecular weight is 385 g/mol. The number of piperazine rings is 1. The van der Waals surface area contributed by atoms with Gasteiger partial charge < -0.3 is 15.2 Å². The summed E-state index contributed by atoms with van der Waals surface area (Å²) in [4.78, 5) is 13.3. The first-order valence-electron chi connectivity index (χ1n) is 7.99. The van der Waals surface area contributed by atoms with Crippen molar-refractivity contribution in [1.82, 2.24) is 20.7 Å². The van der Waals surface area contributed by atoms with Crippen molar-refractivity contribution in [1.29, 1.82) is 0 Å². The number of carbonyl (C=O) groups excluding carboxylic acids is 1. The highest BCUT2D eigenvalue weighted by Gasteiger charge is 2.43. The molecule has 6 nitrogen and oxygen atoms in total. The van der Waals surface area contributed by atoms with E-state index in [2.05, 4.69) is 15.8 Å². The molecule has 0 radical (unpaired) electrons. The Morgan fingerprint density at radius 2 is 2.00 bits per heavy atom. The number of aromatic nitrogens is 1. The third-order valence-corrected chi connectivity index (χ3v) is 4.25. The second-order valence-corrected chi connectivity index (χ2v) is 5.95. The largest absolute Gasteiger partial charge is 0.405 e. The molecule has 1 atom stereocenters. The van der Waals surface area contributed by atoms with Gasteiger partial charge in [0, 0.05) is 44.7 Å². The maximum Gasteiger partial charge on any atom is 0.405 e. The van der Waals surface area contributed by atoms with Crippen molar-refractivity contribution in [3.05, 3.63) is 17.0 Å². The van der Waals surface area contributed by atoms with Gasteiger partial charge in [0.1, 0.15) is 11.8 Å². The van der Waals surface area contributed by atoms with Crippen molar-refractivity contribution < 1.29 is 22.5 Å². The van der Waals surface area contributed by atoms with Gasteiger partial charge in [-0.3, -0.25) is 9.69 Å². The van der Waals surface area contributed by atoms with Gasteiger partial charge >= 0.3 is 6.18 Å². The van der Waals surface area contributed by atoms with Crippen LogP contribution in [0.3, 0.4) is 0 Å². The maximum absolute atomic E-state index is 13.2. The number of carbonyl (C=O) groups is 1. The van der Waals surface area contributed by atoms with Gasteiger partial charge in [0.15, 0.2) is 0 Å². The van der Waals surface area contributed by atoms with E-state index in [1.807, 2.05) is 0 Å². The maximum atomic E-state index is 13.2. The van der Waals surface area contributed by atoms with Crippen LogP contribution in [0.15, 0.2) is 4.52 Å². The lowest BCUT2D eigenvalue weighted by atomic mass is 10.1. The van der Waals surface area contributed by atoms with Crippen LogP contribution in [0.4, 0.5) is 13.2 Å². The average Bonchev–Trinajstić information content (AvgIpc) is 2.84. The monoisotopic (exact) mass is 384 g/mol. The first-order valence-corrected chi connectivity index (χ1v) is 7.99. The van der Waals surface area contributed by atoms with Crippen molar-refractivity contribution in [2.75, 3.05) is 32.7 Å². The molecule has 10 heteroatoms. The molecular formula is C15H24ClF3N4O2. The second kappa shape index (κ2) is 9.40. The van der Waals surface area contributed by atoms with Gasteiger partial charge in [0.25, 0.3) is 0 Å². The summed E-state index contributed by atoms with van der Waals surface area (Å²) in [5.41, 5.74) is 1.54. The van der Waals surface area contributed by atoms with Gasteiger partial charge in [0.05, 0.1) is 5.69 Å².